The van der Waals surface area contributed by atoms with Crippen molar-refractivity contribution in [1.29, 1.82) is 0 Å². The molecule has 0 bridgehead atoms. The van der Waals surface area contributed by atoms with Crippen molar-refractivity contribution < 1.29 is 5.11 Å². The summed E-state index contributed by atoms with van der Waals surface area (Å²) in [5, 5.41) is 17.0. The van der Waals surface area contributed by atoms with Gasteiger partial charge in [-0.05, 0) is 97.5 Å². The van der Waals surface area contributed by atoms with E-state index in [1.807, 2.05) is 0 Å². The normalized spacial score (nSPS) is 16.2. The van der Waals surface area contributed by atoms with Crippen LogP contribution < -0.4 is 15.6 Å². The van der Waals surface area contributed by atoms with Crippen LogP contribution >= 0.6 is 12.6 Å². The molecule has 0 saturated heterocycles. The molecule has 0 fully saturated rings. The number of thiol groups is 1. The fourth-order valence-corrected chi connectivity index (χ4v) is 14.9. The number of aryl methyl sites for hydroxylation is 1. The van der Waals surface area contributed by atoms with E-state index in [1.165, 1.54) is 26.7 Å². The van der Waals surface area contributed by atoms with Crippen LogP contribution in [-0.4, -0.2) is 13.2 Å². The Kier molecular flexibility index (Phi) is 8.12. The molecular formula is C44H42OSSi. The van der Waals surface area contributed by atoms with Gasteiger partial charge in [0.1, 0.15) is 5.60 Å². The first-order valence-electron chi connectivity index (χ1n) is 16.6. The van der Waals surface area contributed by atoms with Gasteiger partial charge in [-0.2, -0.15) is 0 Å². The Bertz CT molecular complexity index is 1940. The molecule has 1 N–H and O–H groups in total. The predicted octanol–water partition coefficient (Wildman–Crippen LogP) is 9.07. The van der Waals surface area contributed by atoms with Crippen molar-refractivity contribution in [2.45, 2.75) is 56.1 Å². The third kappa shape index (κ3) is 5.22. The summed E-state index contributed by atoms with van der Waals surface area (Å²) in [6.45, 7) is 9.39. The van der Waals surface area contributed by atoms with Gasteiger partial charge in [-0.15, -0.1) is 12.6 Å². The molecule has 6 aromatic rings. The van der Waals surface area contributed by atoms with Crippen LogP contribution in [0.4, 0.5) is 0 Å². The Balaban J connectivity index is 1.52. The van der Waals surface area contributed by atoms with Gasteiger partial charge in [0.05, 0.1) is 0 Å². The second-order valence-electron chi connectivity index (χ2n) is 14.1. The van der Waals surface area contributed by atoms with E-state index >= 15 is 0 Å². The highest BCUT2D eigenvalue weighted by molar-refractivity contribution is 7.80. The Labute approximate surface area is 286 Å². The number of rotatable bonds is 6. The molecule has 1 aliphatic rings. The largest absolute Gasteiger partial charge is 0.380 e. The van der Waals surface area contributed by atoms with Crippen LogP contribution in [0, 0.1) is 6.92 Å². The minimum atomic E-state index is -2.72. The average Bonchev–Trinajstić information content (AvgIpc) is 3.47. The average molecular weight is 647 g/mol. The van der Waals surface area contributed by atoms with Gasteiger partial charge < -0.3 is 5.11 Å². The highest BCUT2D eigenvalue weighted by Gasteiger charge is 2.52. The molecule has 7 rings (SSSR count). The van der Waals surface area contributed by atoms with E-state index in [0.29, 0.717) is 6.42 Å². The van der Waals surface area contributed by atoms with Crippen LogP contribution in [0.25, 0.3) is 22.3 Å². The molecule has 0 unspecified atom stereocenters. The molecule has 0 amide bonds. The van der Waals surface area contributed by atoms with Crippen molar-refractivity contribution in [1.82, 2.24) is 0 Å². The van der Waals surface area contributed by atoms with Crippen molar-refractivity contribution in [3.63, 3.8) is 0 Å². The third-order valence-corrected chi connectivity index (χ3v) is 16.9. The van der Waals surface area contributed by atoms with Crippen LogP contribution in [-0.2, 0) is 12.0 Å². The van der Waals surface area contributed by atoms with Crippen LogP contribution in [0.15, 0.2) is 150 Å². The van der Waals surface area contributed by atoms with Gasteiger partial charge in [0.25, 0.3) is 0 Å². The topological polar surface area (TPSA) is 20.2 Å². The van der Waals surface area contributed by atoms with Crippen LogP contribution in [0.3, 0.4) is 0 Å². The zero-order chi connectivity index (χ0) is 32.8. The van der Waals surface area contributed by atoms with Crippen molar-refractivity contribution >= 4 is 36.3 Å². The summed E-state index contributed by atoms with van der Waals surface area (Å²) in [7, 11) is -2.72. The maximum atomic E-state index is 13.2. The van der Waals surface area contributed by atoms with E-state index in [2.05, 4.69) is 173 Å². The monoisotopic (exact) mass is 646 g/mol. The summed E-state index contributed by atoms with van der Waals surface area (Å²) in [6.07, 6.45) is 1.43. The molecule has 0 heterocycles. The molecule has 0 spiro atoms. The van der Waals surface area contributed by atoms with Crippen molar-refractivity contribution in [2.24, 2.45) is 0 Å². The van der Waals surface area contributed by atoms with E-state index in [-0.39, 0.29) is 5.04 Å². The van der Waals surface area contributed by atoms with E-state index < -0.39 is 13.7 Å². The minimum Gasteiger partial charge on any atom is -0.380 e. The number of benzene rings is 6. The second kappa shape index (κ2) is 12.1. The molecule has 47 heavy (non-hydrogen) atoms. The van der Waals surface area contributed by atoms with Crippen LogP contribution in [0.5, 0.6) is 0 Å². The first kappa shape index (κ1) is 31.4. The second-order valence-corrected chi connectivity index (χ2v) is 19.2. The molecule has 3 heteroatoms. The van der Waals surface area contributed by atoms with Gasteiger partial charge in [-0.1, -0.05) is 148 Å². The third-order valence-electron chi connectivity index (χ3n) is 10.3. The summed E-state index contributed by atoms with van der Waals surface area (Å²) in [5.41, 5.74) is 7.65. The highest BCUT2D eigenvalue weighted by atomic mass is 32.1. The van der Waals surface area contributed by atoms with Gasteiger partial charge in [-0.3, -0.25) is 0 Å². The highest BCUT2D eigenvalue weighted by Crippen LogP contribution is 2.49. The maximum Gasteiger partial charge on any atom is 0.154 e. The summed E-state index contributed by atoms with van der Waals surface area (Å²) in [5.74, 6) is 0. The fourth-order valence-electron chi connectivity index (χ4n) is 8.20. The van der Waals surface area contributed by atoms with Gasteiger partial charge in [0, 0.05) is 10.5 Å². The molecule has 234 valence electrons. The van der Waals surface area contributed by atoms with Gasteiger partial charge in [0.2, 0.25) is 0 Å². The van der Waals surface area contributed by atoms with Crippen LogP contribution in [0.1, 0.15) is 49.4 Å². The lowest BCUT2D eigenvalue weighted by atomic mass is 9.83. The summed E-state index contributed by atoms with van der Waals surface area (Å²) in [4.78, 5) is 0.936. The molecule has 1 nitrogen and oxygen atoms in total. The lowest BCUT2D eigenvalue weighted by Crippen LogP contribution is -2.72. The zero-order valence-corrected chi connectivity index (χ0v) is 29.6. The number of hydrogen-bond acceptors (Lipinski definition) is 2. The molecule has 0 aromatic heterocycles. The van der Waals surface area contributed by atoms with Crippen molar-refractivity contribution in [3.05, 3.63) is 168 Å². The number of aliphatic hydroxyl groups is 1. The van der Waals surface area contributed by atoms with Gasteiger partial charge >= 0.3 is 0 Å². The molecule has 1 atom stereocenters. The van der Waals surface area contributed by atoms with E-state index in [4.69, 9.17) is 12.6 Å². The number of fused-ring (bicyclic) bond motifs is 1. The van der Waals surface area contributed by atoms with E-state index in [1.54, 1.807) is 0 Å². The molecule has 0 aliphatic heterocycles. The van der Waals surface area contributed by atoms with Crippen molar-refractivity contribution in [3.8, 4) is 22.3 Å². The Morgan fingerprint density at radius 3 is 1.51 bits per heavy atom. The van der Waals surface area contributed by atoms with Crippen molar-refractivity contribution in [2.75, 3.05) is 0 Å². The molecule has 0 saturated carbocycles. The Morgan fingerprint density at radius 2 is 1.06 bits per heavy atom. The van der Waals surface area contributed by atoms with E-state index in [0.717, 1.165) is 44.7 Å². The summed E-state index contributed by atoms with van der Waals surface area (Å²) in [6, 6.07) is 52.2. The predicted molar refractivity (Wildman–Crippen MR) is 204 cm³/mol. The van der Waals surface area contributed by atoms with Gasteiger partial charge in [0.15, 0.2) is 8.07 Å². The smallest absolute Gasteiger partial charge is 0.154 e. The Hall–Kier alpha value is -4.15. The maximum absolute atomic E-state index is 13.2. The standard InChI is InChI=1S/C44H42OSSi/c1-31-27-40(47(43(2,3)4,37-21-13-7-14-22-37)38-23-15-8-16-24-38)42(46)41-39(31)25-26-44(41,45)36-29-34(32-17-9-5-10-18-32)28-35(30-36)33-19-11-6-12-20-33/h5-24,27-30,45-46H,25-26H2,1-4H3/t44-/m1/s1. The van der Waals surface area contributed by atoms with Gasteiger partial charge in [-0.25, -0.2) is 0 Å². The molecule has 6 aromatic carbocycles. The Morgan fingerprint density at radius 1 is 0.617 bits per heavy atom. The minimum absolute atomic E-state index is 0.0989. The van der Waals surface area contributed by atoms with E-state index in [9.17, 15) is 5.11 Å². The van der Waals surface area contributed by atoms with Crippen LogP contribution in [0.2, 0.25) is 5.04 Å². The molecule has 1 aliphatic carbocycles. The first-order valence-corrected chi connectivity index (χ1v) is 19.1. The molecule has 0 radical (unpaired) electrons. The molecular weight excluding hydrogens is 605 g/mol. The lowest BCUT2D eigenvalue weighted by Gasteiger charge is -2.46. The number of hydrogen-bond donors (Lipinski definition) is 2. The fraction of sp³-hybridized carbons (Fsp3) is 0.182. The quantitative estimate of drug-likeness (QED) is 0.105. The zero-order valence-electron chi connectivity index (χ0n) is 27.7. The first-order chi connectivity index (χ1) is 22.6. The summed E-state index contributed by atoms with van der Waals surface area (Å²) >= 11 is 5.50. The summed E-state index contributed by atoms with van der Waals surface area (Å²) < 4.78 is 0. The lowest BCUT2D eigenvalue weighted by molar-refractivity contribution is 0.0807. The SMILES string of the molecule is Cc1cc([Si](c2ccccc2)(c2ccccc2)C(C)(C)C)c(S)c2c1CC[C@@]2(O)c1cc(-c2ccccc2)cc(-c2ccccc2)c1.